The Hall–Kier alpha value is -1.71. The predicted molar refractivity (Wildman–Crippen MR) is 74.6 cm³/mol. The fourth-order valence-corrected chi connectivity index (χ4v) is 2.84. The molecule has 18 heavy (non-hydrogen) atoms. The van der Waals surface area contributed by atoms with Crippen LogP contribution in [0.3, 0.4) is 0 Å². The van der Waals surface area contributed by atoms with Crippen molar-refractivity contribution in [3.63, 3.8) is 0 Å². The molecule has 0 aliphatic heterocycles. The number of carbonyl (C=O) groups excluding carboxylic acids is 1. The number of rotatable bonds is 4. The summed E-state index contributed by atoms with van der Waals surface area (Å²) >= 11 is 0. The Kier molecular flexibility index (Phi) is 3.75. The van der Waals surface area contributed by atoms with E-state index in [4.69, 9.17) is 11.5 Å². The number of anilines is 2. The molecule has 0 bridgehead atoms. The summed E-state index contributed by atoms with van der Waals surface area (Å²) in [5.74, 6) is -0.388. The van der Waals surface area contributed by atoms with Gasteiger partial charge in [-0.2, -0.15) is 0 Å². The quantitative estimate of drug-likeness (QED) is 0.801. The number of benzene rings is 1. The number of amides is 1. The fourth-order valence-electron chi connectivity index (χ4n) is 2.84. The van der Waals surface area contributed by atoms with Gasteiger partial charge in [-0.05, 0) is 38.0 Å². The largest absolute Gasteiger partial charge is 0.399 e. The average molecular weight is 247 g/mol. The lowest BCUT2D eigenvalue weighted by Gasteiger charge is -2.31. The summed E-state index contributed by atoms with van der Waals surface area (Å²) in [6, 6.07) is 5.83. The first-order valence-corrected chi connectivity index (χ1v) is 6.59. The number of nitrogen functional groups attached to an aromatic ring is 1. The first kappa shape index (κ1) is 12.7. The second-order valence-electron chi connectivity index (χ2n) is 4.87. The zero-order valence-electron chi connectivity index (χ0n) is 10.9. The number of nitrogens with zero attached hydrogens (tertiary/aromatic N) is 1. The molecule has 4 nitrogen and oxygen atoms in total. The number of hydrogen-bond acceptors (Lipinski definition) is 3. The molecule has 1 aromatic rings. The third-order valence-corrected chi connectivity index (χ3v) is 3.70. The van der Waals surface area contributed by atoms with E-state index in [1.165, 1.54) is 25.7 Å². The Morgan fingerprint density at radius 3 is 2.61 bits per heavy atom. The molecule has 1 aliphatic rings. The van der Waals surface area contributed by atoms with E-state index in [1.54, 1.807) is 12.1 Å². The van der Waals surface area contributed by atoms with Crippen LogP contribution in [0.25, 0.3) is 0 Å². The second-order valence-corrected chi connectivity index (χ2v) is 4.87. The highest BCUT2D eigenvalue weighted by Gasteiger charge is 2.24. The lowest BCUT2D eigenvalue weighted by atomic mass is 10.1. The van der Waals surface area contributed by atoms with Crippen LogP contribution in [-0.2, 0) is 0 Å². The molecule has 0 unspecified atom stereocenters. The minimum atomic E-state index is -0.388. The second kappa shape index (κ2) is 5.29. The van der Waals surface area contributed by atoms with Gasteiger partial charge in [0, 0.05) is 18.3 Å². The fraction of sp³-hybridized carbons (Fsp3) is 0.500. The third kappa shape index (κ3) is 2.42. The van der Waals surface area contributed by atoms with E-state index in [0.717, 1.165) is 12.2 Å². The maximum atomic E-state index is 11.5. The summed E-state index contributed by atoms with van der Waals surface area (Å²) in [5, 5.41) is 0. The molecule has 0 atom stereocenters. The molecule has 0 heterocycles. The summed E-state index contributed by atoms with van der Waals surface area (Å²) in [6.45, 7) is 2.97. The maximum Gasteiger partial charge on any atom is 0.250 e. The van der Waals surface area contributed by atoms with Crippen molar-refractivity contribution in [2.45, 2.75) is 38.6 Å². The minimum Gasteiger partial charge on any atom is -0.399 e. The van der Waals surface area contributed by atoms with Gasteiger partial charge in [0.05, 0.1) is 11.3 Å². The van der Waals surface area contributed by atoms with Crippen LogP contribution in [0.1, 0.15) is 43.0 Å². The van der Waals surface area contributed by atoms with Gasteiger partial charge in [0.2, 0.25) is 0 Å². The minimum absolute atomic E-state index is 0.388. The molecular weight excluding hydrogens is 226 g/mol. The van der Waals surface area contributed by atoms with Gasteiger partial charge in [0.25, 0.3) is 5.91 Å². The number of nitrogens with two attached hydrogens (primary N) is 2. The standard InChI is InChI=1S/C14H21N3O/c1-2-17(11-5-3-4-6-11)13-9-10(15)7-8-12(13)14(16)18/h7-9,11H,2-6,15H2,1H3,(H2,16,18). The summed E-state index contributed by atoms with van der Waals surface area (Å²) in [7, 11) is 0. The maximum absolute atomic E-state index is 11.5. The van der Waals surface area contributed by atoms with Crippen LogP contribution in [0.15, 0.2) is 18.2 Å². The number of carbonyl (C=O) groups is 1. The SMILES string of the molecule is CCN(c1cc(N)ccc1C(N)=O)C1CCCC1. The van der Waals surface area contributed by atoms with Crippen LogP contribution in [0.2, 0.25) is 0 Å². The highest BCUT2D eigenvalue weighted by atomic mass is 16.1. The topological polar surface area (TPSA) is 72.3 Å². The molecule has 1 amide bonds. The lowest BCUT2D eigenvalue weighted by Crippen LogP contribution is -2.34. The van der Waals surface area contributed by atoms with Crippen LogP contribution >= 0.6 is 0 Å². The molecule has 2 rings (SSSR count). The normalized spacial score (nSPS) is 15.8. The molecule has 0 radical (unpaired) electrons. The molecule has 98 valence electrons. The average Bonchev–Trinajstić information content (AvgIpc) is 2.83. The van der Waals surface area contributed by atoms with Gasteiger partial charge >= 0.3 is 0 Å². The highest BCUT2D eigenvalue weighted by Crippen LogP contribution is 2.31. The van der Waals surface area contributed by atoms with E-state index in [1.807, 2.05) is 6.07 Å². The summed E-state index contributed by atoms with van der Waals surface area (Å²) in [4.78, 5) is 13.8. The van der Waals surface area contributed by atoms with Crippen molar-refractivity contribution in [2.75, 3.05) is 17.2 Å². The molecule has 1 aromatic carbocycles. The molecule has 0 saturated heterocycles. The first-order valence-electron chi connectivity index (χ1n) is 6.59. The van der Waals surface area contributed by atoms with Crippen LogP contribution in [-0.4, -0.2) is 18.5 Å². The lowest BCUT2D eigenvalue weighted by molar-refractivity contribution is 0.100. The Morgan fingerprint density at radius 1 is 1.39 bits per heavy atom. The summed E-state index contributed by atoms with van der Waals surface area (Å²) in [6.07, 6.45) is 4.88. The zero-order chi connectivity index (χ0) is 13.1. The van der Waals surface area contributed by atoms with Gasteiger partial charge in [0.1, 0.15) is 0 Å². The van der Waals surface area contributed by atoms with Gasteiger partial charge in [0.15, 0.2) is 0 Å². The van der Waals surface area contributed by atoms with E-state index in [-0.39, 0.29) is 5.91 Å². The van der Waals surface area contributed by atoms with Crippen molar-refractivity contribution in [1.82, 2.24) is 0 Å². The summed E-state index contributed by atoms with van der Waals surface area (Å²) < 4.78 is 0. The van der Waals surface area contributed by atoms with Gasteiger partial charge in [-0.1, -0.05) is 12.8 Å². The van der Waals surface area contributed by atoms with E-state index in [0.29, 0.717) is 17.3 Å². The molecule has 1 fully saturated rings. The molecule has 0 aromatic heterocycles. The van der Waals surface area contributed by atoms with E-state index >= 15 is 0 Å². The molecule has 0 spiro atoms. The van der Waals surface area contributed by atoms with Crippen LogP contribution < -0.4 is 16.4 Å². The van der Waals surface area contributed by atoms with Crippen molar-refractivity contribution in [3.8, 4) is 0 Å². The Morgan fingerprint density at radius 2 is 2.06 bits per heavy atom. The molecular formula is C14H21N3O. The van der Waals surface area contributed by atoms with Crippen molar-refractivity contribution in [2.24, 2.45) is 5.73 Å². The van der Waals surface area contributed by atoms with Gasteiger partial charge in [-0.25, -0.2) is 0 Å². The third-order valence-electron chi connectivity index (χ3n) is 3.70. The number of hydrogen-bond donors (Lipinski definition) is 2. The van der Waals surface area contributed by atoms with Crippen LogP contribution in [0, 0.1) is 0 Å². The van der Waals surface area contributed by atoms with Crippen molar-refractivity contribution in [1.29, 1.82) is 0 Å². The van der Waals surface area contributed by atoms with Gasteiger partial charge < -0.3 is 16.4 Å². The van der Waals surface area contributed by atoms with E-state index in [2.05, 4.69) is 11.8 Å². The zero-order valence-corrected chi connectivity index (χ0v) is 10.9. The van der Waals surface area contributed by atoms with Crippen LogP contribution in [0.4, 0.5) is 11.4 Å². The molecule has 1 saturated carbocycles. The molecule has 4 heteroatoms. The van der Waals surface area contributed by atoms with Crippen molar-refractivity contribution in [3.05, 3.63) is 23.8 Å². The van der Waals surface area contributed by atoms with Gasteiger partial charge in [-0.3, -0.25) is 4.79 Å². The van der Waals surface area contributed by atoms with E-state index < -0.39 is 0 Å². The van der Waals surface area contributed by atoms with Crippen molar-refractivity contribution < 1.29 is 4.79 Å². The first-order chi connectivity index (χ1) is 8.63. The molecule has 4 N–H and O–H groups in total. The highest BCUT2D eigenvalue weighted by molar-refractivity contribution is 5.99. The van der Waals surface area contributed by atoms with Gasteiger partial charge in [-0.15, -0.1) is 0 Å². The predicted octanol–water partition coefficient (Wildman–Crippen LogP) is 2.14. The smallest absolute Gasteiger partial charge is 0.250 e. The van der Waals surface area contributed by atoms with Crippen molar-refractivity contribution >= 4 is 17.3 Å². The van der Waals surface area contributed by atoms with Crippen LogP contribution in [0.5, 0.6) is 0 Å². The Balaban J connectivity index is 2.39. The molecule has 1 aliphatic carbocycles. The van der Waals surface area contributed by atoms with E-state index in [9.17, 15) is 4.79 Å². The Labute approximate surface area is 108 Å². The Bertz CT molecular complexity index is 439. The monoisotopic (exact) mass is 247 g/mol. The summed E-state index contributed by atoms with van der Waals surface area (Å²) in [5.41, 5.74) is 13.4. The number of primary amides is 1.